The average molecular weight is 224 g/mol. The number of carbonyl (C=O) groups is 1. The average Bonchev–Trinajstić information content (AvgIpc) is 2.77. The number of nitrogens with zero attached hydrogens (tertiary/aromatic N) is 2. The van der Waals surface area contributed by atoms with Gasteiger partial charge in [0.15, 0.2) is 0 Å². The van der Waals surface area contributed by atoms with E-state index in [1.807, 2.05) is 36.7 Å². The maximum absolute atomic E-state index is 12.1. The lowest BCUT2D eigenvalue weighted by molar-refractivity contribution is 0.0743. The molecule has 1 aromatic heterocycles. The van der Waals surface area contributed by atoms with Crippen LogP contribution in [0.15, 0.2) is 18.3 Å². The molecule has 4 nitrogen and oxygen atoms in total. The fourth-order valence-electron chi connectivity index (χ4n) is 1.71. The van der Waals surface area contributed by atoms with Crippen molar-refractivity contribution in [1.82, 2.24) is 9.47 Å². The Hall–Kier alpha value is -1.29. The van der Waals surface area contributed by atoms with Crippen molar-refractivity contribution in [1.29, 1.82) is 0 Å². The Balaban J connectivity index is 2.74. The smallest absolute Gasteiger partial charge is 0.270 e. The quantitative estimate of drug-likeness (QED) is 0.793. The number of aryl methyl sites for hydroxylation is 1. The number of hydrogen-bond acceptors (Lipinski definition) is 2. The second kappa shape index (κ2) is 6.33. The van der Waals surface area contributed by atoms with Gasteiger partial charge in [0.25, 0.3) is 5.91 Å². The zero-order valence-corrected chi connectivity index (χ0v) is 10.0. The lowest BCUT2D eigenvalue weighted by Gasteiger charge is -2.21. The molecule has 16 heavy (non-hydrogen) atoms. The van der Waals surface area contributed by atoms with Crippen LogP contribution in [-0.4, -0.2) is 40.2 Å². The van der Waals surface area contributed by atoms with Gasteiger partial charge in [-0.25, -0.2) is 0 Å². The minimum absolute atomic E-state index is 0.0443. The molecular formula is C12H20N2O2. The predicted octanol–water partition coefficient (Wildman–Crippen LogP) is 1.35. The van der Waals surface area contributed by atoms with Gasteiger partial charge in [-0.15, -0.1) is 0 Å². The normalized spacial score (nSPS) is 10.4. The molecule has 0 aliphatic carbocycles. The van der Waals surface area contributed by atoms with Crippen molar-refractivity contribution < 1.29 is 9.90 Å². The van der Waals surface area contributed by atoms with E-state index in [4.69, 9.17) is 5.11 Å². The molecule has 0 aliphatic rings. The lowest BCUT2D eigenvalue weighted by Crippen LogP contribution is -2.33. The molecule has 0 aromatic carbocycles. The van der Waals surface area contributed by atoms with Crippen LogP contribution >= 0.6 is 0 Å². The minimum Gasteiger partial charge on any atom is -0.396 e. The highest BCUT2D eigenvalue weighted by molar-refractivity contribution is 5.92. The van der Waals surface area contributed by atoms with Crippen LogP contribution in [0.25, 0.3) is 0 Å². The molecule has 0 unspecified atom stereocenters. The van der Waals surface area contributed by atoms with E-state index in [0.717, 1.165) is 12.2 Å². The first-order valence-corrected chi connectivity index (χ1v) is 5.79. The Morgan fingerprint density at radius 1 is 1.50 bits per heavy atom. The molecule has 1 heterocycles. The topological polar surface area (TPSA) is 45.5 Å². The Morgan fingerprint density at radius 2 is 2.25 bits per heavy atom. The Bertz CT molecular complexity index is 334. The maximum Gasteiger partial charge on any atom is 0.270 e. The summed E-state index contributed by atoms with van der Waals surface area (Å²) in [5, 5.41) is 8.78. The number of rotatable bonds is 6. The van der Waals surface area contributed by atoms with Gasteiger partial charge in [-0.05, 0) is 32.4 Å². The zero-order chi connectivity index (χ0) is 12.0. The van der Waals surface area contributed by atoms with Crippen molar-refractivity contribution in [2.75, 3.05) is 19.7 Å². The highest BCUT2D eigenvalue weighted by Gasteiger charge is 2.16. The Morgan fingerprint density at radius 3 is 2.81 bits per heavy atom. The van der Waals surface area contributed by atoms with Crippen LogP contribution in [0.4, 0.5) is 0 Å². The second-order valence-corrected chi connectivity index (χ2v) is 3.64. The molecule has 1 rings (SSSR count). The molecule has 1 amide bonds. The molecule has 0 bridgehead atoms. The largest absolute Gasteiger partial charge is 0.396 e. The molecular weight excluding hydrogens is 204 g/mol. The van der Waals surface area contributed by atoms with E-state index in [1.54, 1.807) is 4.90 Å². The van der Waals surface area contributed by atoms with Crippen LogP contribution < -0.4 is 0 Å². The molecule has 4 heteroatoms. The molecule has 0 radical (unpaired) electrons. The first kappa shape index (κ1) is 12.8. The number of amides is 1. The summed E-state index contributed by atoms with van der Waals surface area (Å²) < 4.78 is 1.93. The van der Waals surface area contributed by atoms with Gasteiger partial charge in [0, 0.05) is 32.4 Å². The van der Waals surface area contributed by atoms with E-state index in [1.165, 1.54) is 0 Å². The highest BCUT2D eigenvalue weighted by Crippen LogP contribution is 2.07. The summed E-state index contributed by atoms with van der Waals surface area (Å²) >= 11 is 0. The van der Waals surface area contributed by atoms with Crippen LogP contribution in [0, 0.1) is 0 Å². The number of aliphatic hydroxyl groups excluding tert-OH is 1. The molecule has 0 saturated heterocycles. The summed E-state index contributed by atoms with van der Waals surface area (Å²) in [6.45, 7) is 6.17. The second-order valence-electron chi connectivity index (χ2n) is 3.64. The molecule has 90 valence electrons. The van der Waals surface area contributed by atoms with Crippen LogP contribution in [0.5, 0.6) is 0 Å². The minimum atomic E-state index is 0.0443. The van der Waals surface area contributed by atoms with Gasteiger partial charge in [0.05, 0.1) is 0 Å². The third-order valence-corrected chi connectivity index (χ3v) is 2.64. The van der Waals surface area contributed by atoms with Gasteiger partial charge in [-0.3, -0.25) is 4.79 Å². The van der Waals surface area contributed by atoms with Crippen molar-refractivity contribution in [3.63, 3.8) is 0 Å². The Kier molecular flexibility index (Phi) is 5.05. The van der Waals surface area contributed by atoms with Crippen molar-refractivity contribution in [3.8, 4) is 0 Å². The molecule has 1 aromatic rings. The summed E-state index contributed by atoms with van der Waals surface area (Å²) in [6, 6.07) is 3.73. The number of carbonyl (C=O) groups excluding carboxylic acids is 1. The molecule has 0 aliphatic heterocycles. The van der Waals surface area contributed by atoms with Crippen LogP contribution in [0.3, 0.4) is 0 Å². The van der Waals surface area contributed by atoms with E-state index in [-0.39, 0.29) is 12.5 Å². The number of aliphatic hydroxyl groups is 1. The third-order valence-electron chi connectivity index (χ3n) is 2.64. The van der Waals surface area contributed by atoms with E-state index >= 15 is 0 Å². The molecule has 1 N–H and O–H groups in total. The van der Waals surface area contributed by atoms with Gasteiger partial charge >= 0.3 is 0 Å². The van der Waals surface area contributed by atoms with E-state index < -0.39 is 0 Å². The van der Waals surface area contributed by atoms with E-state index in [9.17, 15) is 4.79 Å². The maximum atomic E-state index is 12.1. The fourth-order valence-corrected chi connectivity index (χ4v) is 1.71. The number of hydrogen-bond donors (Lipinski definition) is 1. The van der Waals surface area contributed by atoms with Crippen LogP contribution in [0.1, 0.15) is 30.8 Å². The van der Waals surface area contributed by atoms with Gasteiger partial charge in [-0.2, -0.15) is 0 Å². The van der Waals surface area contributed by atoms with Crippen molar-refractivity contribution in [2.24, 2.45) is 0 Å². The van der Waals surface area contributed by atoms with Gasteiger partial charge in [0.2, 0.25) is 0 Å². The third kappa shape index (κ3) is 2.85. The first-order valence-electron chi connectivity index (χ1n) is 5.79. The standard InChI is InChI=1S/C12H20N2O2/c1-3-13-8-5-7-11(13)12(16)14(4-2)9-6-10-15/h5,7-8,15H,3-4,6,9-10H2,1-2H3. The highest BCUT2D eigenvalue weighted by atomic mass is 16.3. The molecule has 0 spiro atoms. The first-order chi connectivity index (χ1) is 7.74. The number of aromatic nitrogens is 1. The fraction of sp³-hybridized carbons (Fsp3) is 0.583. The summed E-state index contributed by atoms with van der Waals surface area (Å²) in [5.41, 5.74) is 0.724. The molecule has 0 fully saturated rings. The summed E-state index contributed by atoms with van der Waals surface area (Å²) in [7, 11) is 0. The van der Waals surface area contributed by atoms with Crippen LogP contribution in [0.2, 0.25) is 0 Å². The Labute approximate surface area is 96.5 Å². The zero-order valence-electron chi connectivity index (χ0n) is 10.0. The molecule has 0 atom stereocenters. The predicted molar refractivity (Wildman–Crippen MR) is 63.4 cm³/mol. The van der Waals surface area contributed by atoms with Crippen molar-refractivity contribution >= 4 is 5.91 Å². The SMILES string of the molecule is CCN(CCCO)C(=O)c1cccn1CC. The van der Waals surface area contributed by atoms with Crippen LogP contribution in [-0.2, 0) is 6.54 Å². The van der Waals surface area contributed by atoms with E-state index in [0.29, 0.717) is 19.5 Å². The van der Waals surface area contributed by atoms with Gasteiger partial charge in [-0.1, -0.05) is 0 Å². The summed E-state index contributed by atoms with van der Waals surface area (Å²) in [5.74, 6) is 0.0443. The lowest BCUT2D eigenvalue weighted by atomic mass is 10.3. The van der Waals surface area contributed by atoms with Gasteiger partial charge < -0.3 is 14.6 Å². The van der Waals surface area contributed by atoms with Crippen molar-refractivity contribution in [2.45, 2.75) is 26.8 Å². The monoisotopic (exact) mass is 224 g/mol. The summed E-state index contributed by atoms with van der Waals surface area (Å²) in [4.78, 5) is 13.9. The van der Waals surface area contributed by atoms with Gasteiger partial charge in [0.1, 0.15) is 5.69 Å². The van der Waals surface area contributed by atoms with Crippen molar-refractivity contribution in [3.05, 3.63) is 24.0 Å². The molecule has 0 saturated carbocycles. The van der Waals surface area contributed by atoms with E-state index in [2.05, 4.69) is 0 Å². The summed E-state index contributed by atoms with van der Waals surface area (Å²) in [6.07, 6.45) is 2.54.